The van der Waals surface area contributed by atoms with Crippen LogP contribution in [0.1, 0.15) is 17.3 Å². The zero-order valence-corrected chi connectivity index (χ0v) is 24.0. The fourth-order valence-electron chi connectivity index (χ4n) is 4.50. The average Bonchev–Trinajstić information content (AvgIpc) is 3.01. The van der Waals surface area contributed by atoms with Gasteiger partial charge in [0.2, 0.25) is 11.9 Å². The van der Waals surface area contributed by atoms with E-state index in [0.29, 0.717) is 60.5 Å². The van der Waals surface area contributed by atoms with Crippen LogP contribution in [-0.2, 0) is 14.8 Å². The number of ether oxygens (including phenoxy) is 1. The van der Waals surface area contributed by atoms with E-state index in [-0.39, 0.29) is 16.7 Å². The Bertz CT molecular complexity index is 1690. The maximum absolute atomic E-state index is 12.9. The van der Waals surface area contributed by atoms with Crippen molar-refractivity contribution in [3.05, 3.63) is 90.6 Å². The summed E-state index contributed by atoms with van der Waals surface area (Å²) in [6.07, 6.45) is 1.63. The van der Waals surface area contributed by atoms with Gasteiger partial charge in [-0.3, -0.25) is 14.3 Å². The number of hydrogen-bond donors (Lipinski definition) is 2. The summed E-state index contributed by atoms with van der Waals surface area (Å²) in [5, 5.41) is 3.15. The first kappa shape index (κ1) is 28.6. The number of anilines is 3. The minimum absolute atomic E-state index is 0.0220. The standard InChI is InChI=1S/C30H30N6O5S/c1-21(37)35-16-18-36(19-17-35)29(38)23-8-10-24(11-9-23)32-30-31-15-14-28(33-30)22-6-12-25(13-7-22)34-42(39,40)27-5-3-4-26(20-27)41-2/h3-15,20,34H,16-19H2,1-2H3,(H,31,32,33). The molecule has 0 spiro atoms. The van der Waals surface area contributed by atoms with Crippen LogP contribution >= 0.6 is 0 Å². The van der Waals surface area contributed by atoms with Crippen molar-refractivity contribution < 1.29 is 22.7 Å². The molecule has 1 fully saturated rings. The normalized spacial score (nSPS) is 13.4. The van der Waals surface area contributed by atoms with Crippen LogP contribution in [0.3, 0.4) is 0 Å². The van der Waals surface area contributed by atoms with Crippen molar-refractivity contribution >= 4 is 39.2 Å². The maximum Gasteiger partial charge on any atom is 0.262 e. The Hall–Kier alpha value is -4.97. The Morgan fingerprint density at radius 3 is 2.19 bits per heavy atom. The Morgan fingerprint density at radius 2 is 1.52 bits per heavy atom. The molecule has 5 rings (SSSR count). The van der Waals surface area contributed by atoms with E-state index in [1.807, 2.05) is 0 Å². The summed E-state index contributed by atoms with van der Waals surface area (Å²) >= 11 is 0. The topological polar surface area (TPSA) is 134 Å². The van der Waals surface area contributed by atoms with Gasteiger partial charge in [0, 0.05) is 67.9 Å². The molecule has 0 radical (unpaired) electrons. The number of amides is 2. The monoisotopic (exact) mass is 586 g/mol. The minimum atomic E-state index is -3.79. The van der Waals surface area contributed by atoms with E-state index in [1.165, 1.54) is 26.2 Å². The zero-order valence-electron chi connectivity index (χ0n) is 23.1. The molecule has 0 bridgehead atoms. The van der Waals surface area contributed by atoms with E-state index in [2.05, 4.69) is 20.0 Å². The van der Waals surface area contributed by atoms with Crippen molar-refractivity contribution in [2.45, 2.75) is 11.8 Å². The molecule has 1 aliphatic rings. The third kappa shape index (κ3) is 6.66. The second-order valence-electron chi connectivity index (χ2n) is 9.63. The molecule has 2 N–H and O–H groups in total. The van der Waals surface area contributed by atoms with Crippen molar-refractivity contribution in [1.29, 1.82) is 0 Å². The molecule has 0 unspecified atom stereocenters. The van der Waals surface area contributed by atoms with Crippen molar-refractivity contribution in [3.63, 3.8) is 0 Å². The quantitative estimate of drug-likeness (QED) is 0.317. The van der Waals surface area contributed by atoms with Gasteiger partial charge in [0.05, 0.1) is 17.7 Å². The van der Waals surface area contributed by atoms with Crippen LogP contribution in [0.25, 0.3) is 11.3 Å². The molecule has 42 heavy (non-hydrogen) atoms. The van der Waals surface area contributed by atoms with Crippen LogP contribution in [0.15, 0.2) is 90.0 Å². The number of carbonyl (C=O) groups excluding carboxylic acids is 2. The van der Waals surface area contributed by atoms with Gasteiger partial charge < -0.3 is 19.9 Å². The summed E-state index contributed by atoms with van der Waals surface area (Å²) in [5.41, 5.74) is 3.10. The molecule has 216 valence electrons. The second kappa shape index (κ2) is 12.3. The summed E-state index contributed by atoms with van der Waals surface area (Å²) < 4.78 is 33.3. The fourth-order valence-corrected chi connectivity index (χ4v) is 5.60. The Morgan fingerprint density at radius 1 is 0.857 bits per heavy atom. The molecule has 11 nitrogen and oxygen atoms in total. The summed E-state index contributed by atoms with van der Waals surface area (Å²) in [6.45, 7) is 3.63. The Labute approximate surface area is 244 Å². The summed E-state index contributed by atoms with van der Waals surface area (Å²) in [6, 6.07) is 21.9. The Kier molecular flexibility index (Phi) is 8.34. The van der Waals surface area contributed by atoms with Crippen LogP contribution < -0.4 is 14.8 Å². The first-order valence-electron chi connectivity index (χ1n) is 13.2. The number of nitrogens with zero attached hydrogens (tertiary/aromatic N) is 4. The zero-order chi connectivity index (χ0) is 29.7. The molecule has 0 aliphatic carbocycles. The largest absolute Gasteiger partial charge is 0.497 e. The van der Waals surface area contributed by atoms with Gasteiger partial charge in [0.25, 0.3) is 15.9 Å². The second-order valence-corrected chi connectivity index (χ2v) is 11.3. The lowest BCUT2D eigenvalue weighted by Gasteiger charge is -2.34. The maximum atomic E-state index is 12.9. The van der Waals surface area contributed by atoms with Gasteiger partial charge in [0.1, 0.15) is 5.75 Å². The van der Waals surface area contributed by atoms with Gasteiger partial charge in [0.15, 0.2) is 0 Å². The molecule has 2 heterocycles. The predicted octanol–water partition coefficient (Wildman–Crippen LogP) is 4.00. The number of nitrogens with one attached hydrogen (secondary N) is 2. The number of carbonyl (C=O) groups is 2. The van der Waals surface area contributed by atoms with Crippen molar-refractivity contribution in [3.8, 4) is 17.0 Å². The molecule has 4 aromatic rings. The number of piperazine rings is 1. The van der Waals surface area contributed by atoms with Gasteiger partial charge in [-0.25, -0.2) is 18.4 Å². The van der Waals surface area contributed by atoms with Gasteiger partial charge in [-0.1, -0.05) is 18.2 Å². The molecule has 0 atom stereocenters. The van der Waals surface area contributed by atoms with Crippen molar-refractivity contribution in [2.24, 2.45) is 0 Å². The lowest BCUT2D eigenvalue weighted by molar-refractivity contribution is -0.130. The molecule has 2 amide bonds. The van der Waals surface area contributed by atoms with Gasteiger partial charge >= 0.3 is 0 Å². The first-order chi connectivity index (χ1) is 20.2. The first-order valence-corrected chi connectivity index (χ1v) is 14.7. The van der Waals surface area contributed by atoms with E-state index in [0.717, 1.165) is 5.56 Å². The summed E-state index contributed by atoms with van der Waals surface area (Å²) in [4.78, 5) is 36.9. The molecular formula is C30H30N6O5S. The highest BCUT2D eigenvalue weighted by Gasteiger charge is 2.23. The van der Waals surface area contributed by atoms with E-state index in [4.69, 9.17) is 4.74 Å². The van der Waals surface area contributed by atoms with Crippen molar-refractivity contribution in [1.82, 2.24) is 19.8 Å². The summed E-state index contributed by atoms with van der Waals surface area (Å²) in [5.74, 6) is 0.771. The number of sulfonamides is 1. The molecule has 12 heteroatoms. The van der Waals surface area contributed by atoms with Crippen LogP contribution in [0.5, 0.6) is 5.75 Å². The molecule has 1 aliphatic heterocycles. The minimum Gasteiger partial charge on any atom is -0.497 e. The molecular weight excluding hydrogens is 556 g/mol. The molecule has 0 saturated carbocycles. The highest BCUT2D eigenvalue weighted by molar-refractivity contribution is 7.92. The number of benzene rings is 3. The molecule has 3 aromatic carbocycles. The third-order valence-corrected chi connectivity index (χ3v) is 8.22. The van der Waals surface area contributed by atoms with Crippen LogP contribution in [0, 0.1) is 0 Å². The van der Waals surface area contributed by atoms with Crippen LogP contribution in [0.2, 0.25) is 0 Å². The van der Waals surface area contributed by atoms with Gasteiger partial charge in [-0.15, -0.1) is 0 Å². The molecule has 1 saturated heterocycles. The number of hydrogen-bond acceptors (Lipinski definition) is 8. The fraction of sp³-hybridized carbons (Fsp3) is 0.200. The van der Waals surface area contributed by atoms with E-state index >= 15 is 0 Å². The van der Waals surface area contributed by atoms with Crippen molar-refractivity contribution in [2.75, 3.05) is 43.3 Å². The predicted molar refractivity (Wildman–Crippen MR) is 159 cm³/mol. The van der Waals surface area contributed by atoms with E-state index in [1.54, 1.807) is 82.7 Å². The van der Waals surface area contributed by atoms with E-state index < -0.39 is 10.0 Å². The highest BCUT2D eigenvalue weighted by atomic mass is 32.2. The Balaban J connectivity index is 1.22. The van der Waals surface area contributed by atoms with Crippen LogP contribution in [0.4, 0.5) is 17.3 Å². The van der Waals surface area contributed by atoms with Crippen LogP contribution in [-0.4, -0.2) is 73.3 Å². The number of methoxy groups -OCH3 is 1. The van der Waals surface area contributed by atoms with E-state index in [9.17, 15) is 18.0 Å². The van der Waals surface area contributed by atoms with Gasteiger partial charge in [-0.05, 0) is 54.6 Å². The lowest BCUT2D eigenvalue weighted by Crippen LogP contribution is -2.50. The average molecular weight is 587 g/mol. The SMILES string of the molecule is COc1cccc(S(=O)(=O)Nc2ccc(-c3ccnc(Nc4ccc(C(=O)N5CCN(C(C)=O)CC5)cc4)n3)cc2)c1. The number of rotatable bonds is 8. The number of aromatic nitrogens is 2. The van der Waals surface area contributed by atoms with Gasteiger partial charge in [-0.2, -0.15) is 0 Å². The smallest absolute Gasteiger partial charge is 0.262 e. The summed E-state index contributed by atoms with van der Waals surface area (Å²) in [7, 11) is -2.31. The third-order valence-electron chi connectivity index (χ3n) is 6.84. The highest BCUT2D eigenvalue weighted by Crippen LogP contribution is 2.24. The lowest BCUT2D eigenvalue weighted by atomic mass is 10.1. The molecule has 1 aromatic heterocycles.